The van der Waals surface area contributed by atoms with Gasteiger partial charge in [-0.2, -0.15) is 11.8 Å². The highest BCUT2D eigenvalue weighted by atomic mass is 32.2. The molecule has 2 rings (SSSR count). The van der Waals surface area contributed by atoms with Crippen molar-refractivity contribution < 1.29 is 27.9 Å². The summed E-state index contributed by atoms with van der Waals surface area (Å²) >= 11 is 1.41. The number of hydrogen-bond donors (Lipinski definition) is 3. The molecule has 0 aromatic heterocycles. The molecular weight excluding hydrogens is 452 g/mol. The first-order valence-electron chi connectivity index (χ1n) is 10.2. The maximum atomic E-state index is 14.5. The fourth-order valence-corrected chi connectivity index (χ4v) is 3.55. The first kappa shape index (κ1) is 26.1. The molecule has 0 saturated heterocycles. The number of primary amides is 1. The quantitative estimate of drug-likeness (QED) is 0.434. The van der Waals surface area contributed by atoms with Gasteiger partial charge in [-0.1, -0.05) is 60.7 Å². The molecule has 178 valence electrons. The molecule has 0 fully saturated rings. The Morgan fingerprint density at radius 3 is 2.12 bits per heavy atom. The maximum absolute atomic E-state index is 14.5. The van der Waals surface area contributed by atoms with Gasteiger partial charge in [-0.15, -0.1) is 0 Å². The topological polar surface area (TPSA) is 111 Å². The summed E-state index contributed by atoms with van der Waals surface area (Å²) in [5.74, 6) is -1.60. The molecule has 4 N–H and O–H groups in total. The summed E-state index contributed by atoms with van der Waals surface area (Å²) in [4.78, 5) is 37.4. The SMILES string of the molecule is CSCC[C@H](NC(=O)C(Cc1ccccc1)(NC(=O)OCc1ccccc1)C(F)F)C(N)=O. The molecule has 3 amide bonds. The minimum Gasteiger partial charge on any atom is -0.445 e. The van der Waals surface area contributed by atoms with E-state index in [1.165, 1.54) is 11.8 Å². The first-order chi connectivity index (χ1) is 15.8. The van der Waals surface area contributed by atoms with Crippen LogP contribution in [-0.4, -0.2) is 47.9 Å². The third-order valence-electron chi connectivity index (χ3n) is 4.90. The Hall–Kier alpha value is -3.14. The smallest absolute Gasteiger partial charge is 0.408 e. The van der Waals surface area contributed by atoms with Crippen molar-refractivity contribution in [1.82, 2.24) is 10.6 Å². The highest BCUT2D eigenvalue weighted by Gasteiger charge is 2.50. The van der Waals surface area contributed by atoms with Crippen LogP contribution in [0.3, 0.4) is 0 Å². The molecular formula is C23H27F2N3O4S. The average Bonchev–Trinajstić information content (AvgIpc) is 2.80. The van der Waals surface area contributed by atoms with Crippen LogP contribution in [0.5, 0.6) is 0 Å². The van der Waals surface area contributed by atoms with E-state index in [0.717, 1.165) is 0 Å². The lowest BCUT2D eigenvalue weighted by Gasteiger charge is -2.33. The molecule has 33 heavy (non-hydrogen) atoms. The number of nitrogens with two attached hydrogens (primary N) is 1. The summed E-state index contributed by atoms with van der Waals surface area (Å²) in [7, 11) is 0. The molecule has 0 heterocycles. The lowest BCUT2D eigenvalue weighted by molar-refractivity contribution is -0.137. The van der Waals surface area contributed by atoms with Crippen LogP contribution in [-0.2, 0) is 27.4 Å². The van der Waals surface area contributed by atoms with Crippen LogP contribution in [0.25, 0.3) is 0 Å². The predicted molar refractivity (Wildman–Crippen MR) is 123 cm³/mol. The number of ether oxygens (including phenoxy) is 1. The predicted octanol–water partition coefficient (Wildman–Crippen LogP) is 2.88. The molecule has 0 aliphatic heterocycles. The molecule has 0 bridgehead atoms. The molecule has 0 aliphatic rings. The minimum absolute atomic E-state index is 0.158. The number of carbonyl (C=O) groups excluding carboxylic acids is 3. The van der Waals surface area contributed by atoms with Crippen LogP contribution in [0.4, 0.5) is 13.6 Å². The summed E-state index contributed by atoms with van der Waals surface area (Å²) < 4.78 is 34.0. The Kier molecular flexibility index (Phi) is 10.1. The van der Waals surface area contributed by atoms with E-state index < -0.39 is 42.3 Å². The number of carbonyl (C=O) groups is 3. The number of alkyl carbamates (subject to hydrolysis) is 1. The Morgan fingerprint density at radius 2 is 1.61 bits per heavy atom. The van der Waals surface area contributed by atoms with Gasteiger partial charge in [-0.3, -0.25) is 9.59 Å². The van der Waals surface area contributed by atoms with Crippen LogP contribution < -0.4 is 16.4 Å². The summed E-state index contributed by atoms with van der Waals surface area (Å²) in [6, 6.07) is 15.6. The van der Waals surface area contributed by atoms with Gasteiger partial charge in [0.1, 0.15) is 12.6 Å². The van der Waals surface area contributed by atoms with Gasteiger partial charge in [0.05, 0.1) is 0 Å². The van der Waals surface area contributed by atoms with Crippen LogP contribution in [0.1, 0.15) is 17.5 Å². The highest BCUT2D eigenvalue weighted by molar-refractivity contribution is 7.98. The Morgan fingerprint density at radius 1 is 1.03 bits per heavy atom. The van der Waals surface area contributed by atoms with Gasteiger partial charge in [0, 0.05) is 6.42 Å². The highest BCUT2D eigenvalue weighted by Crippen LogP contribution is 2.23. The number of rotatable bonds is 12. The zero-order valence-corrected chi connectivity index (χ0v) is 18.9. The average molecular weight is 480 g/mol. The molecule has 0 aliphatic carbocycles. The first-order valence-corrected chi connectivity index (χ1v) is 11.6. The van der Waals surface area contributed by atoms with Gasteiger partial charge in [0.25, 0.3) is 12.3 Å². The Bertz CT molecular complexity index is 918. The van der Waals surface area contributed by atoms with Crippen molar-refractivity contribution in [2.24, 2.45) is 5.73 Å². The monoisotopic (exact) mass is 479 g/mol. The molecule has 7 nitrogen and oxygen atoms in total. The maximum Gasteiger partial charge on any atom is 0.408 e. The van der Waals surface area contributed by atoms with E-state index in [2.05, 4.69) is 10.6 Å². The van der Waals surface area contributed by atoms with Crippen LogP contribution in [0.2, 0.25) is 0 Å². The molecule has 0 spiro atoms. The van der Waals surface area contributed by atoms with Crippen LogP contribution in [0.15, 0.2) is 60.7 Å². The van der Waals surface area contributed by atoms with Crippen molar-refractivity contribution in [2.45, 2.75) is 37.5 Å². The van der Waals surface area contributed by atoms with Gasteiger partial charge >= 0.3 is 6.09 Å². The number of nitrogens with one attached hydrogen (secondary N) is 2. The van der Waals surface area contributed by atoms with E-state index in [1.807, 2.05) is 0 Å². The Balaban J connectivity index is 2.28. The summed E-state index contributed by atoms with van der Waals surface area (Å²) in [5, 5.41) is 4.36. The molecule has 0 radical (unpaired) electrons. The zero-order chi connectivity index (χ0) is 24.3. The van der Waals surface area contributed by atoms with Gasteiger partial charge in [0.15, 0.2) is 5.54 Å². The molecule has 0 saturated carbocycles. The van der Waals surface area contributed by atoms with E-state index >= 15 is 0 Å². The van der Waals surface area contributed by atoms with Crippen LogP contribution in [0, 0.1) is 0 Å². The lowest BCUT2D eigenvalue weighted by atomic mass is 9.89. The van der Waals surface area contributed by atoms with Crippen molar-refractivity contribution in [3.63, 3.8) is 0 Å². The fraction of sp³-hybridized carbons (Fsp3) is 0.348. The molecule has 2 aromatic carbocycles. The molecule has 2 atom stereocenters. The van der Waals surface area contributed by atoms with Crippen molar-refractivity contribution >= 4 is 29.7 Å². The number of hydrogen-bond acceptors (Lipinski definition) is 5. The van der Waals surface area contributed by atoms with Gasteiger partial charge in [0.2, 0.25) is 5.91 Å². The van der Waals surface area contributed by atoms with E-state index in [1.54, 1.807) is 66.9 Å². The number of amides is 3. The minimum atomic E-state index is -3.31. The number of thioether (sulfide) groups is 1. The van der Waals surface area contributed by atoms with E-state index in [9.17, 15) is 23.2 Å². The van der Waals surface area contributed by atoms with Gasteiger partial charge in [-0.05, 0) is 29.6 Å². The number of alkyl halides is 2. The van der Waals surface area contributed by atoms with Crippen molar-refractivity contribution in [3.8, 4) is 0 Å². The standard InChI is InChI=1S/C23H27F2N3O4S/c1-33-13-12-18(19(26)29)27-21(30)23(20(24)25,14-16-8-4-2-5-9-16)28-22(31)32-15-17-10-6-3-7-11-17/h2-11,18,20H,12-15H2,1H3,(H2,26,29)(H,27,30)(H,28,31)/t18-,23?/m0/s1. The van der Waals surface area contributed by atoms with E-state index in [4.69, 9.17) is 10.5 Å². The fourth-order valence-electron chi connectivity index (χ4n) is 3.08. The lowest BCUT2D eigenvalue weighted by Crippen LogP contribution is -2.66. The number of benzene rings is 2. The van der Waals surface area contributed by atoms with Crippen molar-refractivity contribution in [1.29, 1.82) is 0 Å². The Labute approximate surface area is 195 Å². The largest absolute Gasteiger partial charge is 0.445 e. The summed E-state index contributed by atoms with van der Waals surface area (Å²) in [6.07, 6.45) is -3.07. The third-order valence-corrected chi connectivity index (χ3v) is 5.54. The van der Waals surface area contributed by atoms with Crippen molar-refractivity contribution in [2.75, 3.05) is 12.0 Å². The van der Waals surface area contributed by atoms with Gasteiger partial charge in [-0.25, -0.2) is 13.6 Å². The van der Waals surface area contributed by atoms with Gasteiger partial charge < -0.3 is 21.1 Å². The molecule has 10 heteroatoms. The van der Waals surface area contributed by atoms with E-state index in [0.29, 0.717) is 16.9 Å². The summed E-state index contributed by atoms with van der Waals surface area (Å²) in [6.45, 7) is -0.170. The summed E-state index contributed by atoms with van der Waals surface area (Å²) in [5.41, 5.74) is 3.70. The zero-order valence-electron chi connectivity index (χ0n) is 18.1. The molecule has 1 unspecified atom stereocenters. The van der Waals surface area contributed by atoms with E-state index in [-0.39, 0.29) is 13.0 Å². The second-order valence-corrected chi connectivity index (χ2v) is 8.32. The third kappa shape index (κ3) is 7.74. The van der Waals surface area contributed by atoms with Crippen LogP contribution >= 0.6 is 11.8 Å². The normalized spacial score (nSPS) is 13.6. The second-order valence-electron chi connectivity index (χ2n) is 7.33. The molecule has 2 aromatic rings. The number of halogens is 2. The van der Waals surface area contributed by atoms with Crippen molar-refractivity contribution in [3.05, 3.63) is 71.8 Å². The second kappa shape index (κ2) is 12.8.